The fraction of sp³-hybridized carbons (Fsp3) is 0.462. The lowest BCUT2D eigenvalue weighted by Crippen LogP contribution is -2.44. The molecule has 0 radical (unpaired) electrons. The maximum absolute atomic E-state index is 11.6. The molecule has 0 saturated carbocycles. The van der Waals surface area contributed by atoms with Crippen LogP contribution < -0.4 is 16.0 Å². The van der Waals surface area contributed by atoms with Gasteiger partial charge in [0, 0.05) is 19.7 Å². The molecule has 0 aliphatic heterocycles. The van der Waals surface area contributed by atoms with Crippen LogP contribution in [0.25, 0.3) is 0 Å². The number of aliphatic hydroxyl groups excluding tert-OH is 1. The Balaban J connectivity index is 3.19. The summed E-state index contributed by atoms with van der Waals surface area (Å²) in [6.07, 6.45) is 0. The lowest BCUT2D eigenvalue weighted by molar-refractivity contribution is 0.0963. The molecule has 0 spiro atoms. The Morgan fingerprint density at radius 1 is 1.50 bits per heavy atom. The lowest BCUT2D eigenvalue weighted by Gasteiger charge is -2.36. The molecule has 0 bridgehead atoms. The number of nitrogens with one attached hydrogen (secondary N) is 1. The van der Waals surface area contributed by atoms with E-state index in [9.17, 15) is 9.90 Å². The number of nitrogens with two attached hydrogens (primary N) is 1. The number of likely N-dealkylation sites (N-methyl/N-ethyl adjacent to an activating group) is 1. The van der Waals surface area contributed by atoms with E-state index in [-0.39, 0.29) is 12.5 Å². The van der Waals surface area contributed by atoms with Crippen LogP contribution in [0.15, 0.2) is 18.2 Å². The van der Waals surface area contributed by atoms with E-state index >= 15 is 0 Å². The van der Waals surface area contributed by atoms with Gasteiger partial charge in [0.05, 0.1) is 23.5 Å². The molecule has 1 rings (SSSR count). The quantitative estimate of drug-likeness (QED) is 0.693. The van der Waals surface area contributed by atoms with Crippen molar-refractivity contribution in [1.29, 1.82) is 0 Å². The molecule has 18 heavy (non-hydrogen) atoms. The van der Waals surface area contributed by atoms with Gasteiger partial charge in [-0.2, -0.15) is 0 Å². The van der Waals surface area contributed by atoms with Gasteiger partial charge in [0.15, 0.2) is 0 Å². The molecule has 1 aromatic carbocycles. The van der Waals surface area contributed by atoms with Gasteiger partial charge in [-0.1, -0.05) is 0 Å². The van der Waals surface area contributed by atoms with Crippen molar-refractivity contribution in [2.75, 3.05) is 31.3 Å². The second-order valence-corrected chi connectivity index (χ2v) is 4.88. The number of rotatable bonds is 4. The molecule has 0 aliphatic carbocycles. The maximum Gasteiger partial charge on any atom is 0.251 e. The SMILES string of the molecule is CNC(=O)c1ccc(N)c(N(C)C(C)(C)CO)c1. The Morgan fingerprint density at radius 2 is 2.11 bits per heavy atom. The zero-order valence-corrected chi connectivity index (χ0v) is 11.3. The summed E-state index contributed by atoms with van der Waals surface area (Å²) < 4.78 is 0. The number of aliphatic hydroxyl groups is 1. The number of benzene rings is 1. The van der Waals surface area contributed by atoms with Gasteiger partial charge in [-0.15, -0.1) is 0 Å². The predicted molar refractivity (Wildman–Crippen MR) is 73.8 cm³/mol. The third kappa shape index (κ3) is 2.73. The average molecular weight is 251 g/mol. The van der Waals surface area contributed by atoms with Crippen molar-refractivity contribution in [1.82, 2.24) is 5.32 Å². The van der Waals surface area contributed by atoms with Crippen LogP contribution in [0.1, 0.15) is 24.2 Å². The number of hydrogen-bond acceptors (Lipinski definition) is 4. The number of amides is 1. The second-order valence-electron chi connectivity index (χ2n) is 4.88. The molecule has 5 heteroatoms. The molecule has 0 atom stereocenters. The summed E-state index contributed by atoms with van der Waals surface area (Å²) >= 11 is 0. The van der Waals surface area contributed by atoms with Crippen LogP contribution in [-0.4, -0.2) is 37.3 Å². The molecule has 4 N–H and O–H groups in total. The van der Waals surface area contributed by atoms with Crippen LogP contribution in [0.2, 0.25) is 0 Å². The smallest absolute Gasteiger partial charge is 0.251 e. The predicted octanol–water partition coefficient (Wildman–Crippen LogP) is 0.835. The summed E-state index contributed by atoms with van der Waals surface area (Å²) in [6.45, 7) is 3.80. The fourth-order valence-corrected chi connectivity index (χ4v) is 1.55. The van der Waals surface area contributed by atoms with Crippen LogP contribution in [0.3, 0.4) is 0 Å². The van der Waals surface area contributed by atoms with E-state index < -0.39 is 5.54 Å². The largest absolute Gasteiger partial charge is 0.397 e. The Kier molecular flexibility index (Phi) is 4.19. The van der Waals surface area contributed by atoms with Crippen molar-refractivity contribution < 1.29 is 9.90 Å². The van der Waals surface area contributed by atoms with E-state index in [0.717, 1.165) is 5.69 Å². The van der Waals surface area contributed by atoms with Gasteiger partial charge in [-0.25, -0.2) is 0 Å². The molecule has 0 aromatic heterocycles. The molecule has 0 fully saturated rings. The van der Waals surface area contributed by atoms with Crippen molar-refractivity contribution >= 4 is 17.3 Å². The Bertz CT molecular complexity index is 444. The van der Waals surface area contributed by atoms with Gasteiger partial charge in [-0.05, 0) is 32.0 Å². The summed E-state index contributed by atoms with van der Waals surface area (Å²) in [5, 5.41) is 12.0. The first-order chi connectivity index (χ1) is 8.33. The highest BCUT2D eigenvalue weighted by atomic mass is 16.3. The van der Waals surface area contributed by atoms with Crippen LogP contribution >= 0.6 is 0 Å². The average Bonchev–Trinajstić information content (AvgIpc) is 2.37. The molecule has 1 amide bonds. The molecular formula is C13H21N3O2. The van der Waals surface area contributed by atoms with E-state index in [1.54, 1.807) is 25.2 Å². The van der Waals surface area contributed by atoms with Crippen molar-refractivity contribution in [3.63, 3.8) is 0 Å². The normalized spacial score (nSPS) is 11.2. The third-order valence-electron chi connectivity index (χ3n) is 3.18. The highest BCUT2D eigenvalue weighted by Crippen LogP contribution is 2.28. The zero-order valence-electron chi connectivity index (χ0n) is 11.3. The first-order valence-corrected chi connectivity index (χ1v) is 5.80. The second kappa shape index (κ2) is 5.27. The van der Waals surface area contributed by atoms with E-state index in [4.69, 9.17) is 5.73 Å². The molecule has 100 valence electrons. The van der Waals surface area contributed by atoms with Gasteiger partial charge in [0.2, 0.25) is 0 Å². The summed E-state index contributed by atoms with van der Waals surface area (Å²) in [5.74, 6) is -0.161. The Morgan fingerprint density at radius 3 is 2.61 bits per heavy atom. The van der Waals surface area contributed by atoms with Crippen LogP contribution in [0.5, 0.6) is 0 Å². The molecular weight excluding hydrogens is 230 g/mol. The fourth-order valence-electron chi connectivity index (χ4n) is 1.55. The molecule has 0 aliphatic rings. The zero-order chi connectivity index (χ0) is 13.9. The number of nitrogens with zero attached hydrogens (tertiary/aromatic N) is 1. The molecule has 1 aromatic rings. The Labute approximate surface area is 108 Å². The van der Waals surface area contributed by atoms with Gasteiger partial charge in [-0.3, -0.25) is 4.79 Å². The number of carbonyl (C=O) groups excluding carboxylic acids is 1. The highest BCUT2D eigenvalue weighted by Gasteiger charge is 2.24. The first kappa shape index (κ1) is 14.3. The highest BCUT2D eigenvalue weighted by molar-refractivity contribution is 5.96. The minimum absolute atomic E-state index is 0.00680. The molecule has 0 saturated heterocycles. The lowest BCUT2D eigenvalue weighted by atomic mass is 10.0. The van der Waals surface area contributed by atoms with Crippen LogP contribution in [0, 0.1) is 0 Å². The van der Waals surface area contributed by atoms with Crippen molar-refractivity contribution in [2.24, 2.45) is 0 Å². The van der Waals surface area contributed by atoms with Crippen molar-refractivity contribution in [3.05, 3.63) is 23.8 Å². The van der Waals surface area contributed by atoms with E-state index in [1.807, 2.05) is 25.8 Å². The van der Waals surface area contributed by atoms with E-state index in [2.05, 4.69) is 5.32 Å². The van der Waals surface area contributed by atoms with Crippen molar-refractivity contribution in [2.45, 2.75) is 19.4 Å². The number of carbonyl (C=O) groups is 1. The molecule has 0 unspecified atom stereocenters. The Hall–Kier alpha value is -1.75. The van der Waals surface area contributed by atoms with Crippen LogP contribution in [0.4, 0.5) is 11.4 Å². The number of nitrogen functional groups attached to an aromatic ring is 1. The van der Waals surface area contributed by atoms with Gasteiger partial charge >= 0.3 is 0 Å². The number of anilines is 2. The van der Waals surface area contributed by atoms with Gasteiger partial charge in [0.1, 0.15) is 0 Å². The van der Waals surface area contributed by atoms with Crippen LogP contribution in [-0.2, 0) is 0 Å². The summed E-state index contributed by atoms with van der Waals surface area (Å²) in [5.41, 5.74) is 7.33. The summed E-state index contributed by atoms with van der Waals surface area (Å²) in [7, 11) is 3.43. The van der Waals surface area contributed by atoms with E-state index in [1.165, 1.54) is 0 Å². The molecule has 0 heterocycles. The first-order valence-electron chi connectivity index (χ1n) is 5.80. The van der Waals surface area contributed by atoms with Crippen molar-refractivity contribution in [3.8, 4) is 0 Å². The third-order valence-corrected chi connectivity index (χ3v) is 3.18. The molecule has 5 nitrogen and oxygen atoms in total. The minimum Gasteiger partial charge on any atom is -0.397 e. The minimum atomic E-state index is -0.449. The number of hydrogen-bond donors (Lipinski definition) is 3. The summed E-state index contributed by atoms with van der Waals surface area (Å²) in [4.78, 5) is 13.5. The van der Waals surface area contributed by atoms with Gasteiger partial charge in [0.25, 0.3) is 5.91 Å². The standard InChI is InChI=1S/C13H21N3O2/c1-13(2,8-17)16(4)11-7-9(12(18)15-3)5-6-10(11)14/h5-7,17H,8,14H2,1-4H3,(H,15,18). The maximum atomic E-state index is 11.6. The monoisotopic (exact) mass is 251 g/mol. The summed E-state index contributed by atoms with van der Waals surface area (Å²) in [6, 6.07) is 5.10. The topological polar surface area (TPSA) is 78.6 Å². The van der Waals surface area contributed by atoms with Gasteiger partial charge < -0.3 is 21.1 Å². The van der Waals surface area contributed by atoms with E-state index in [0.29, 0.717) is 11.3 Å².